The molecule has 0 radical (unpaired) electrons. The average Bonchev–Trinajstić information content (AvgIpc) is 3.14. The van der Waals surface area contributed by atoms with E-state index in [1.54, 1.807) is 6.20 Å². The summed E-state index contributed by atoms with van der Waals surface area (Å²) in [6.45, 7) is 8.67. The van der Waals surface area contributed by atoms with Crippen LogP contribution >= 0.6 is 11.6 Å². The van der Waals surface area contributed by atoms with Crippen LogP contribution in [-0.2, 0) is 0 Å². The van der Waals surface area contributed by atoms with E-state index in [-0.39, 0.29) is 17.9 Å². The van der Waals surface area contributed by atoms with E-state index in [2.05, 4.69) is 19.2 Å². The normalized spacial score (nSPS) is 15.3. The number of carbonyl (C=O) groups excluding carboxylic acids is 1. The minimum absolute atomic E-state index is 0.0488. The number of aryl methyl sites for hydroxylation is 2. The van der Waals surface area contributed by atoms with Crippen molar-refractivity contribution in [2.24, 2.45) is 0 Å². The molecule has 0 fully saturated rings. The molecule has 0 aliphatic carbocycles. The lowest BCUT2D eigenvalue weighted by Crippen LogP contribution is -2.33. The minimum Gasteiger partial charge on any atom is -0.493 e. The van der Waals surface area contributed by atoms with Crippen molar-refractivity contribution in [2.75, 3.05) is 6.61 Å². The second-order valence-electron chi connectivity index (χ2n) is 9.04. The van der Waals surface area contributed by atoms with Gasteiger partial charge in [0.15, 0.2) is 5.65 Å². The van der Waals surface area contributed by atoms with Crippen molar-refractivity contribution in [3.8, 4) is 16.9 Å². The third-order valence-electron chi connectivity index (χ3n) is 6.38. The van der Waals surface area contributed by atoms with Crippen molar-refractivity contribution >= 4 is 23.2 Å². The van der Waals surface area contributed by atoms with Crippen LogP contribution in [0.2, 0.25) is 5.02 Å². The van der Waals surface area contributed by atoms with Crippen LogP contribution < -0.4 is 10.1 Å². The van der Waals surface area contributed by atoms with E-state index in [4.69, 9.17) is 26.4 Å². The quantitative estimate of drug-likeness (QED) is 0.391. The van der Waals surface area contributed by atoms with Crippen LogP contribution in [0.25, 0.3) is 16.8 Å². The number of amides is 1. The number of hydrogen-bond acceptors (Lipinski definition) is 4. The number of hydrogen-bond donors (Lipinski definition) is 1. The van der Waals surface area contributed by atoms with E-state index in [1.807, 2.05) is 60.8 Å². The molecule has 0 spiro atoms. The Balaban J connectivity index is 1.60. The molecule has 4 aromatic rings. The molecule has 34 heavy (non-hydrogen) atoms. The summed E-state index contributed by atoms with van der Waals surface area (Å²) in [5, 5.41) is 8.67. The van der Waals surface area contributed by atoms with Crippen molar-refractivity contribution in [1.29, 1.82) is 0 Å². The molecule has 3 heterocycles. The van der Waals surface area contributed by atoms with Gasteiger partial charge in [-0.1, -0.05) is 55.8 Å². The fourth-order valence-corrected chi connectivity index (χ4v) is 5.12. The van der Waals surface area contributed by atoms with Crippen LogP contribution in [-0.4, -0.2) is 27.1 Å². The highest BCUT2D eigenvalue weighted by molar-refractivity contribution is 6.33. The lowest BCUT2D eigenvalue weighted by atomic mass is 9.98. The van der Waals surface area contributed by atoms with Crippen molar-refractivity contribution in [2.45, 2.75) is 46.1 Å². The number of benzene rings is 2. The minimum atomic E-state index is -0.163. The lowest BCUT2D eigenvalue weighted by Gasteiger charge is -2.27. The molecule has 1 aliphatic heterocycles. The number of fused-ring (bicyclic) bond motifs is 2. The van der Waals surface area contributed by atoms with Gasteiger partial charge in [-0.2, -0.15) is 5.10 Å². The summed E-state index contributed by atoms with van der Waals surface area (Å²) in [7, 11) is 0. The standard InChI is InChI=1S/C27H27ClN4O2/c1-15(2)25-19(27(33)30-21-12-13-34-22-11-6-5-9-18(21)22)14-29-26-24(17(4)31-32(25)26)23-16(3)8-7-10-20(23)28/h5-11,14-15,21H,12-13H2,1-4H3,(H,30,33)/t21-/m0/s1. The Kier molecular flexibility index (Phi) is 5.78. The maximum absolute atomic E-state index is 13.5. The van der Waals surface area contributed by atoms with Crippen LogP contribution in [0.15, 0.2) is 48.7 Å². The monoisotopic (exact) mass is 474 g/mol. The third-order valence-corrected chi connectivity index (χ3v) is 6.70. The Labute approximate surface area is 203 Å². The number of rotatable bonds is 4. The summed E-state index contributed by atoms with van der Waals surface area (Å²) >= 11 is 6.59. The van der Waals surface area contributed by atoms with Crippen molar-refractivity contribution in [3.05, 3.63) is 81.8 Å². The van der Waals surface area contributed by atoms with Crippen LogP contribution in [0.4, 0.5) is 0 Å². The summed E-state index contributed by atoms with van der Waals surface area (Å²) in [6.07, 6.45) is 2.38. The second-order valence-corrected chi connectivity index (χ2v) is 9.45. The zero-order chi connectivity index (χ0) is 24.0. The molecule has 0 saturated carbocycles. The first kappa shape index (κ1) is 22.4. The number of carbonyl (C=O) groups is 1. The van der Waals surface area contributed by atoms with E-state index < -0.39 is 0 Å². The summed E-state index contributed by atoms with van der Waals surface area (Å²) < 4.78 is 7.56. The second kappa shape index (κ2) is 8.76. The maximum Gasteiger partial charge on any atom is 0.255 e. The van der Waals surface area contributed by atoms with Gasteiger partial charge in [0.1, 0.15) is 5.75 Å². The van der Waals surface area contributed by atoms with Gasteiger partial charge in [-0.3, -0.25) is 4.79 Å². The van der Waals surface area contributed by atoms with Gasteiger partial charge in [0, 0.05) is 28.8 Å². The molecule has 0 saturated heterocycles. The van der Waals surface area contributed by atoms with Crippen LogP contribution in [0.1, 0.15) is 65.1 Å². The van der Waals surface area contributed by atoms with Gasteiger partial charge in [-0.25, -0.2) is 9.50 Å². The number of nitrogens with zero attached hydrogens (tertiary/aromatic N) is 3. The molecule has 1 aliphatic rings. The number of ether oxygens (including phenoxy) is 1. The topological polar surface area (TPSA) is 68.5 Å². The molecule has 0 unspecified atom stereocenters. The molecule has 5 rings (SSSR count). The van der Waals surface area contributed by atoms with E-state index in [1.165, 1.54) is 0 Å². The van der Waals surface area contributed by atoms with E-state index in [0.717, 1.165) is 39.4 Å². The molecule has 1 N–H and O–H groups in total. The highest BCUT2D eigenvalue weighted by Gasteiger charge is 2.27. The Morgan fingerprint density at radius 1 is 1.15 bits per heavy atom. The predicted octanol–water partition coefficient (Wildman–Crippen LogP) is 6.04. The SMILES string of the molecule is Cc1cccc(Cl)c1-c1c(C)nn2c(C(C)C)c(C(=O)N[C@H]3CCOc4ccccc43)cnc12. The van der Waals surface area contributed by atoms with Crippen molar-refractivity contribution in [3.63, 3.8) is 0 Å². The fourth-order valence-electron chi connectivity index (χ4n) is 4.81. The van der Waals surface area contributed by atoms with Crippen molar-refractivity contribution < 1.29 is 9.53 Å². The number of aromatic nitrogens is 3. The number of nitrogens with one attached hydrogen (secondary N) is 1. The molecule has 7 heteroatoms. The zero-order valence-electron chi connectivity index (χ0n) is 19.7. The van der Waals surface area contributed by atoms with Gasteiger partial charge in [-0.15, -0.1) is 0 Å². The van der Waals surface area contributed by atoms with Crippen molar-refractivity contribution in [1.82, 2.24) is 19.9 Å². The van der Waals surface area contributed by atoms with Crippen LogP contribution in [0, 0.1) is 13.8 Å². The Bertz CT molecular complexity index is 1390. The van der Waals surface area contributed by atoms with Gasteiger partial charge in [0.05, 0.1) is 35.2 Å². The van der Waals surface area contributed by atoms with Gasteiger partial charge in [0.2, 0.25) is 0 Å². The summed E-state index contributed by atoms with van der Waals surface area (Å²) in [6, 6.07) is 13.6. The molecule has 0 bridgehead atoms. The number of para-hydroxylation sites is 1. The molecule has 174 valence electrons. The van der Waals surface area contributed by atoms with E-state index >= 15 is 0 Å². The summed E-state index contributed by atoms with van der Waals surface area (Å²) in [5.74, 6) is 0.704. The van der Waals surface area contributed by atoms with Crippen LogP contribution in [0.3, 0.4) is 0 Å². The predicted molar refractivity (Wildman–Crippen MR) is 134 cm³/mol. The Morgan fingerprint density at radius 2 is 1.94 bits per heavy atom. The molecular formula is C27H27ClN4O2. The number of halogens is 1. The Morgan fingerprint density at radius 3 is 2.71 bits per heavy atom. The third kappa shape index (κ3) is 3.72. The first-order valence-electron chi connectivity index (χ1n) is 11.5. The van der Waals surface area contributed by atoms with E-state index in [0.29, 0.717) is 29.3 Å². The van der Waals surface area contributed by atoms with Gasteiger partial charge in [0.25, 0.3) is 5.91 Å². The average molecular weight is 475 g/mol. The zero-order valence-corrected chi connectivity index (χ0v) is 20.5. The lowest BCUT2D eigenvalue weighted by molar-refractivity contribution is 0.0922. The molecule has 6 nitrogen and oxygen atoms in total. The van der Waals surface area contributed by atoms with Gasteiger partial charge < -0.3 is 10.1 Å². The summed E-state index contributed by atoms with van der Waals surface area (Å²) in [5.41, 5.74) is 6.74. The van der Waals surface area contributed by atoms with Gasteiger partial charge >= 0.3 is 0 Å². The molecule has 1 amide bonds. The largest absolute Gasteiger partial charge is 0.493 e. The molecule has 2 aromatic carbocycles. The molecule has 1 atom stereocenters. The van der Waals surface area contributed by atoms with E-state index in [9.17, 15) is 4.79 Å². The molecular weight excluding hydrogens is 448 g/mol. The molecule has 2 aromatic heterocycles. The fraction of sp³-hybridized carbons (Fsp3) is 0.296. The first-order chi connectivity index (χ1) is 16.4. The van der Waals surface area contributed by atoms with Gasteiger partial charge in [-0.05, 0) is 37.5 Å². The first-order valence-corrected chi connectivity index (χ1v) is 11.9. The highest BCUT2D eigenvalue weighted by Crippen LogP contribution is 2.37. The summed E-state index contributed by atoms with van der Waals surface area (Å²) in [4.78, 5) is 18.2. The van der Waals surface area contributed by atoms with Crippen LogP contribution in [0.5, 0.6) is 5.75 Å². The Hall–Kier alpha value is -3.38. The highest BCUT2D eigenvalue weighted by atomic mass is 35.5. The maximum atomic E-state index is 13.5. The smallest absolute Gasteiger partial charge is 0.255 e.